The Morgan fingerprint density at radius 2 is 1.77 bits per heavy atom. The Morgan fingerprint density at radius 1 is 1.10 bits per heavy atom. The number of aromatic nitrogens is 1. The summed E-state index contributed by atoms with van der Waals surface area (Å²) in [6, 6.07) is 9.19. The Hall–Kier alpha value is -3.55. The smallest absolute Gasteiger partial charge is 0.340 e. The van der Waals surface area contributed by atoms with Gasteiger partial charge in [0.05, 0.1) is 23.6 Å². The molecule has 1 heterocycles. The van der Waals surface area contributed by atoms with Gasteiger partial charge in [0, 0.05) is 40.7 Å². The SMILES string of the molecule is CCOC(=O)c1c(-c2ccc([N+](=O)[O-])cc2)c(C)n(Cc2ccc(F)cc2F)c1C. The van der Waals surface area contributed by atoms with E-state index < -0.39 is 22.5 Å². The number of esters is 1. The summed E-state index contributed by atoms with van der Waals surface area (Å²) in [5, 5.41) is 11.0. The summed E-state index contributed by atoms with van der Waals surface area (Å²) in [5.74, 6) is -1.89. The van der Waals surface area contributed by atoms with Crippen LogP contribution >= 0.6 is 0 Å². The molecule has 2 aromatic carbocycles. The Bertz CT molecular complexity index is 1120. The number of non-ortho nitro benzene ring substituents is 1. The molecule has 3 rings (SSSR count). The molecule has 156 valence electrons. The predicted molar refractivity (Wildman–Crippen MR) is 107 cm³/mol. The number of hydrogen-bond donors (Lipinski definition) is 0. The molecule has 1 aromatic heterocycles. The monoisotopic (exact) mass is 414 g/mol. The summed E-state index contributed by atoms with van der Waals surface area (Å²) in [6.07, 6.45) is 0. The van der Waals surface area contributed by atoms with Gasteiger partial charge in [0.1, 0.15) is 11.6 Å². The van der Waals surface area contributed by atoms with E-state index in [1.165, 1.54) is 24.3 Å². The molecular weight excluding hydrogens is 394 g/mol. The maximum atomic E-state index is 14.2. The molecule has 0 spiro atoms. The summed E-state index contributed by atoms with van der Waals surface area (Å²) in [5.41, 5.74) is 2.88. The first-order chi connectivity index (χ1) is 14.2. The lowest BCUT2D eigenvalue weighted by molar-refractivity contribution is -0.384. The predicted octanol–water partition coefficient (Wildman–Crippen LogP) is 5.18. The highest BCUT2D eigenvalue weighted by atomic mass is 19.1. The van der Waals surface area contributed by atoms with Crippen molar-refractivity contribution >= 4 is 11.7 Å². The number of nitro benzene ring substituents is 1. The Kier molecular flexibility index (Phi) is 5.96. The number of nitrogens with zero attached hydrogens (tertiary/aromatic N) is 2. The second-order valence-corrected chi connectivity index (χ2v) is 6.77. The molecule has 0 unspecified atom stereocenters. The minimum absolute atomic E-state index is 0.0707. The molecule has 0 bridgehead atoms. The van der Waals surface area contributed by atoms with Gasteiger partial charge in [-0.15, -0.1) is 0 Å². The van der Waals surface area contributed by atoms with Crippen molar-refractivity contribution in [3.63, 3.8) is 0 Å². The number of rotatable bonds is 6. The van der Waals surface area contributed by atoms with Gasteiger partial charge in [-0.25, -0.2) is 13.6 Å². The molecule has 0 amide bonds. The Labute approximate surface area is 171 Å². The summed E-state index contributed by atoms with van der Waals surface area (Å²) in [6.45, 7) is 5.44. The quantitative estimate of drug-likeness (QED) is 0.316. The van der Waals surface area contributed by atoms with E-state index in [0.29, 0.717) is 28.1 Å². The van der Waals surface area contributed by atoms with E-state index in [0.717, 1.165) is 6.07 Å². The van der Waals surface area contributed by atoms with Crippen LogP contribution in [0, 0.1) is 35.6 Å². The van der Waals surface area contributed by atoms with E-state index in [2.05, 4.69) is 0 Å². The topological polar surface area (TPSA) is 74.4 Å². The van der Waals surface area contributed by atoms with E-state index in [-0.39, 0.29) is 24.4 Å². The van der Waals surface area contributed by atoms with Crippen molar-refractivity contribution in [1.29, 1.82) is 0 Å². The number of carbonyl (C=O) groups excluding carboxylic acids is 1. The zero-order valence-corrected chi connectivity index (χ0v) is 16.7. The molecule has 0 aliphatic heterocycles. The molecular formula is C22H20F2N2O4. The molecule has 0 N–H and O–H groups in total. The van der Waals surface area contributed by atoms with Gasteiger partial charge in [0.25, 0.3) is 5.69 Å². The second kappa shape index (κ2) is 8.44. The van der Waals surface area contributed by atoms with Crippen molar-refractivity contribution in [3.05, 3.63) is 86.7 Å². The third-order valence-electron chi connectivity index (χ3n) is 4.97. The van der Waals surface area contributed by atoms with Crippen LogP contribution in [0.5, 0.6) is 0 Å². The number of nitro groups is 1. The van der Waals surface area contributed by atoms with Crippen LogP contribution in [-0.4, -0.2) is 22.1 Å². The lowest BCUT2D eigenvalue weighted by Crippen LogP contribution is -2.09. The first-order valence-corrected chi connectivity index (χ1v) is 9.30. The van der Waals surface area contributed by atoms with Gasteiger partial charge in [-0.2, -0.15) is 0 Å². The van der Waals surface area contributed by atoms with Gasteiger partial charge in [0.15, 0.2) is 0 Å². The zero-order valence-electron chi connectivity index (χ0n) is 16.7. The fourth-order valence-electron chi connectivity index (χ4n) is 3.50. The summed E-state index contributed by atoms with van der Waals surface area (Å²) in [7, 11) is 0. The highest BCUT2D eigenvalue weighted by Gasteiger charge is 2.26. The Morgan fingerprint density at radius 3 is 2.33 bits per heavy atom. The van der Waals surface area contributed by atoms with Crippen molar-refractivity contribution in [2.75, 3.05) is 6.61 Å². The van der Waals surface area contributed by atoms with E-state index in [9.17, 15) is 23.7 Å². The molecule has 3 aromatic rings. The fraction of sp³-hybridized carbons (Fsp3) is 0.227. The van der Waals surface area contributed by atoms with Crippen molar-refractivity contribution in [1.82, 2.24) is 4.57 Å². The minimum Gasteiger partial charge on any atom is -0.462 e. The highest BCUT2D eigenvalue weighted by Crippen LogP contribution is 2.34. The second-order valence-electron chi connectivity index (χ2n) is 6.77. The van der Waals surface area contributed by atoms with E-state index in [4.69, 9.17) is 4.74 Å². The first-order valence-electron chi connectivity index (χ1n) is 9.30. The van der Waals surface area contributed by atoms with Crippen LogP contribution in [0.2, 0.25) is 0 Å². The number of hydrogen-bond acceptors (Lipinski definition) is 4. The summed E-state index contributed by atoms with van der Waals surface area (Å²) in [4.78, 5) is 23.2. The Balaban J connectivity index is 2.16. The van der Waals surface area contributed by atoms with Crippen LogP contribution in [0.4, 0.5) is 14.5 Å². The molecule has 0 fully saturated rings. The van der Waals surface area contributed by atoms with Crippen LogP contribution in [0.3, 0.4) is 0 Å². The van der Waals surface area contributed by atoms with Crippen molar-refractivity contribution in [2.45, 2.75) is 27.3 Å². The maximum absolute atomic E-state index is 14.2. The largest absolute Gasteiger partial charge is 0.462 e. The number of benzene rings is 2. The molecule has 0 aliphatic carbocycles. The van der Waals surface area contributed by atoms with Crippen LogP contribution < -0.4 is 0 Å². The van der Waals surface area contributed by atoms with Crippen LogP contribution in [0.15, 0.2) is 42.5 Å². The average Bonchev–Trinajstić information content (AvgIpc) is 2.94. The van der Waals surface area contributed by atoms with Crippen molar-refractivity contribution in [2.24, 2.45) is 0 Å². The molecule has 8 heteroatoms. The fourth-order valence-corrected chi connectivity index (χ4v) is 3.50. The molecule has 0 aliphatic rings. The van der Waals surface area contributed by atoms with Crippen LogP contribution in [0.1, 0.15) is 34.2 Å². The van der Waals surface area contributed by atoms with E-state index in [1.54, 1.807) is 37.5 Å². The number of carbonyl (C=O) groups is 1. The van der Waals surface area contributed by atoms with Gasteiger partial charge < -0.3 is 9.30 Å². The molecule has 0 radical (unpaired) electrons. The zero-order chi connectivity index (χ0) is 22.0. The summed E-state index contributed by atoms with van der Waals surface area (Å²) < 4.78 is 34.4. The van der Waals surface area contributed by atoms with Gasteiger partial charge in [-0.05, 0) is 44.5 Å². The lowest BCUT2D eigenvalue weighted by atomic mass is 10.0. The molecule has 6 nitrogen and oxygen atoms in total. The van der Waals surface area contributed by atoms with Crippen LogP contribution in [-0.2, 0) is 11.3 Å². The van der Waals surface area contributed by atoms with E-state index >= 15 is 0 Å². The van der Waals surface area contributed by atoms with Gasteiger partial charge in [-0.1, -0.05) is 6.07 Å². The normalized spacial score (nSPS) is 10.8. The third-order valence-corrected chi connectivity index (χ3v) is 4.97. The third kappa shape index (κ3) is 3.94. The van der Waals surface area contributed by atoms with Gasteiger partial charge in [0.2, 0.25) is 0 Å². The first kappa shape index (κ1) is 21.2. The highest BCUT2D eigenvalue weighted by molar-refractivity contribution is 6.00. The molecule has 0 saturated carbocycles. The minimum atomic E-state index is -0.683. The van der Waals surface area contributed by atoms with Crippen molar-refractivity contribution in [3.8, 4) is 11.1 Å². The van der Waals surface area contributed by atoms with Gasteiger partial charge in [-0.3, -0.25) is 10.1 Å². The molecule has 30 heavy (non-hydrogen) atoms. The number of halogens is 2. The summed E-state index contributed by atoms with van der Waals surface area (Å²) >= 11 is 0. The standard InChI is InChI=1S/C22H20F2N2O4/c1-4-30-22(27)21-14(3)25(12-16-5-8-17(23)11-19(16)24)13(2)20(21)15-6-9-18(10-7-15)26(28)29/h5-11H,4,12H2,1-3H3. The van der Waals surface area contributed by atoms with E-state index in [1.807, 2.05) is 0 Å². The average molecular weight is 414 g/mol. The number of ether oxygens (including phenoxy) is 1. The van der Waals surface area contributed by atoms with Crippen molar-refractivity contribution < 1.29 is 23.2 Å². The van der Waals surface area contributed by atoms with Gasteiger partial charge >= 0.3 is 5.97 Å². The lowest BCUT2D eigenvalue weighted by Gasteiger charge is -2.11. The molecule has 0 atom stereocenters. The maximum Gasteiger partial charge on any atom is 0.340 e. The van der Waals surface area contributed by atoms with Crippen LogP contribution in [0.25, 0.3) is 11.1 Å². The molecule has 0 saturated heterocycles.